The lowest BCUT2D eigenvalue weighted by Crippen LogP contribution is -2.35. The molecular weight excluding hydrogens is 214 g/mol. The number of hydrogen-bond donors (Lipinski definition) is 1. The van der Waals surface area contributed by atoms with Gasteiger partial charge in [-0.25, -0.2) is 0 Å². The van der Waals surface area contributed by atoms with Gasteiger partial charge < -0.3 is 10.1 Å². The third-order valence-corrected chi connectivity index (χ3v) is 3.12. The van der Waals surface area contributed by atoms with Crippen molar-refractivity contribution in [2.24, 2.45) is 5.92 Å². The summed E-state index contributed by atoms with van der Waals surface area (Å²) in [6.45, 7) is 8.76. The van der Waals surface area contributed by atoms with Crippen LogP contribution in [0.1, 0.15) is 59.8 Å². The number of carbonyl (C=O) groups is 1. The van der Waals surface area contributed by atoms with E-state index in [4.69, 9.17) is 4.74 Å². The largest absolute Gasteiger partial charge is 0.460 e. The molecule has 100 valence electrons. The lowest BCUT2D eigenvalue weighted by Gasteiger charge is -2.27. The fraction of sp³-hybridized carbons (Fsp3) is 0.929. The Balaban J connectivity index is 2.13. The second-order valence-corrected chi connectivity index (χ2v) is 6.26. The van der Waals surface area contributed by atoms with Gasteiger partial charge in [0.1, 0.15) is 5.60 Å². The van der Waals surface area contributed by atoms with Gasteiger partial charge >= 0.3 is 5.97 Å². The zero-order valence-corrected chi connectivity index (χ0v) is 11.7. The van der Waals surface area contributed by atoms with Crippen molar-refractivity contribution in [3.8, 4) is 0 Å². The first-order valence-corrected chi connectivity index (χ1v) is 6.82. The van der Waals surface area contributed by atoms with Crippen LogP contribution >= 0.6 is 0 Å². The predicted molar refractivity (Wildman–Crippen MR) is 69.9 cm³/mol. The van der Waals surface area contributed by atoms with Crippen LogP contribution in [0.15, 0.2) is 0 Å². The van der Waals surface area contributed by atoms with Crippen LogP contribution in [0.2, 0.25) is 0 Å². The van der Waals surface area contributed by atoms with Gasteiger partial charge in [0, 0.05) is 12.6 Å². The lowest BCUT2D eigenvalue weighted by atomic mass is 9.87. The van der Waals surface area contributed by atoms with Gasteiger partial charge in [0.2, 0.25) is 0 Å². The number of ether oxygens (including phenoxy) is 1. The maximum absolute atomic E-state index is 11.5. The van der Waals surface area contributed by atoms with Crippen molar-refractivity contribution >= 4 is 5.97 Å². The van der Waals surface area contributed by atoms with Crippen molar-refractivity contribution in [3.05, 3.63) is 0 Å². The lowest BCUT2D eigenvalue weighted by molar-refractivity contribution is -0.154. The first-order valence-electron chi connectivity index (χ1n) is 6.82. The minimum atomic E-state index is -0.365. The average molecular weight is 241 g/mol. The summed E-state index contributed by atoms with van der Waals surface area (Å²) >= 11 is 0. The van der Waals surface area contributed by atoms with Crippen molar-refractivity contribution in [3.63, 3.8) is 0 Å². The molecule has 1 aliphatic carbocycles. The molecule has 1 rings (SSSR count). The molecule has 0 amide bonds. The van der Waals surface area contributed by atoms with Gasteiger partial charge in [0.25, 0.3) is 0 Å². The van der Waals surface area contributed by atoms with Gasteiger partial charge in [0.15, 0.2) is 0 Å². The zero-order chi connectivity index (χ0) is 12.9. The first-order chi connectivity index (χ1) is 7.87. The van der Waals surface area contributed by atoms with Gasteiger partial charge in [-0.15, -0.1) is 0 Å². The van der Waals surface area contributed by atoms with E-state index in [0.717, 1.165) is 12.5 Å². The summed E-state index contributed by atoms with van der Waals surface area (Å²) in [6, 6.07) is 0.598. The molecule has 17 heavy (non-hydrogen) atoms. The Kier molecular flexibility index (Phi) is 5.44. The molecule has 1 fully saturated rings. The van der Waals surface area contributed by atoms with E-state index in [2.05, 4.69) is 12.2 Å². The SMILES string of the molecule is CC1CCCC(NCCC(=O)OC(C)(C)C)C1. The molecule has 0 spiro atoms. The van der Waals surface area contributed by atoms with E-state index >= 15 is 0 Å². The van der Waals surface area contributed by atoms with Crippen LogP contribution < -0.4 is 5.32 Å². The summed E-state index contributed by atoms with van der Waals surface area (Å²) in [5.74, 6) is 0.719. The summed E-state index contributed by atoms with van der Waals surface area (Å²) in [5.41, 5.74) is -0.365. The minimum Gasteiger partial charge on any atom is -0.460 e. The Morgan fingerprint density at radius 1 is 1.35 bits per heavy atom. The van der Waals surface area contributed by atoms with Crippen LogP contribution in [0.4, 0.5) is 0 Å². The zero-order valence-electron chi connectivity index (χ0n) is 11.7. The quantitative estimate of drug-likeness (QED) is 0.769. The van der Waals surface area contributed by atoms with E-state index in [1.54, 1.807) is 0 Å². The summed E-state index contributed by atoms with van der Waals surface area (Å²) in [7, 11) is 0. The summed E-state index contributed by atoms with van der Waals surface area (Å²) in [6.07, 6.45) is 5.63. The van der Waals surface area contributed by atoms with E-state index < -0.39 is 0 Å². The second kappa shape index (κ2) is 6.39. The highest BCUT2D eigenvalue weighted by Crippen LogP contribution is 2.23. The molecule has 2 unspecified atom stereocenters. The monoisotopic (exact) mass is 241 g/mol. The molecule has 1 aliphatic rings. The van der Waals surface area contributed by atoms with E-state index in [9.17, 15) is 4.79 Å². The number of nitrogens with one attached hydrogen (secondary N) is 1. The van der Waals surface area contributed by atoms with Crippen molar-refractivity contribution in [2.75, 3.05) is 6.54 Å². The van der Waals surface area contributed by atoms with E-state index in [0.29, 0.717) is 12.5 Å². The molecule has 1 N–H and O–H groups in total. The summed E-state index contributed by atoms with van der Waals surface area (Å²) < 4.78 is 5.27. The van der Waals surface area contributed by atoms with E-state index in [1.165, 1.54) is 25.7 Å². The Bertz CT molecular complexity index is 245. The normalized spacial score (nSPS) is 25.6. The Morgan fingerprint density at radius 2 is 2.06 bits per heavy atom. The highest BCUT2D eigenvalue weighted by Gasteiger charge is 2.19. The molecule has 1 saturated carbocycles. The van der Waals surface area contributed by atoms with Gasteiger partial charge in [-0.05, 0) is 39.5 Å². The van der Waals surface area contributed by atoms with Crippen molar-refractivity contribution in [1.29, 1.82) is 0 Å². The highest BCUT2D eigenvalue weighted by atomic mass is 16.6. The molecular formula is C14H27NO2. The minimum absolute atomic E-state index is 0.103. The third-order valence-electron chi connectivity index (χ3n) is 3.12. The molecule has 0 bridgehead atoms. The standard InChI is InChI=1S/C14H27NO2/c1-11-6-5-7-12(10-11)15-9-8-13(16)17-14(2,3)4/h11-12,15H,5-10H2,1-4H3. The Hall–Kier alpha value is -0.570. The highest BCUT2D eigenvalue weighted by molar-refractivity contribution is 5.70. The fourth-order valence-electron chi connectivity index (χ4n) is 2.39. The summed E-state index contributed by atoms with van der Waals surface area (Å²) in [4.78, 5) is 11.5. The molecule has 0 heterocycles. The van der Waals surface area contributed by atoms with E-state index in [-0.39, 0.29) is 11.6 Å². The second-order valence-electron chi connectivity index (χ2n) is 6.26. The number of carbonyl (C=O) groups excluding carboxylic acids is 1. The number of esters is 1. The Morgan fingerprint density at radius 3 is 2.65 bits per heavy atom. The molecule has 3 heteroatoms. The van der Waals surface area contributed by atoms with Gasteiger partial charge in [0.05, 0.1) is 6.42 Å². The summed E-state index contributed by atoms with van der Waals surface area (Å²) in [5, 5.41) is 3.47. The Labute approximate surface area is 105 Å². The van der Waals surface area contributed by atoms with Crippen molar-refractivity contribution in [1.82, 2.24) is 5.32 Å². The topological polar surface area (TPSA) is 38.3 Å². The maximum atomic E-state index is 11.5. The van der Waals surface area contributed by atoms with Gasteiger partial charge in [-0.1, -0.05) is 19.8 Å². The third kappa shape index (κ3) is 6.67. The van der Waals surface area contributed by atoms with Crippen molar-refractivity contribution < 1.29 is 9.53 Å². The smallest absolute Gasteiger partial charge is 0.307 e. The van der Waals surface area contributed by atoms with Gasteiger partial charge in [-0.2, -0.15) is 0 Å². The number of hydrogen-bond acceptors (Lipinski definition) is 3. The molecule has 0 saturated heterocycles. The van der Waals surface area contributed by atoms with Crippen molar-refractivity contribution in [2.45, 2.75) is 71.4 Å². The molecule has 2 atom stereocenters. The molecule has 0 aliphatic heterocycles. The molecule has 0 radical (unpaired) electrons. The number of rotatable bonds is 4. The molecule has 0 aromatic carbocycles. The van der Waals surface area contributed by atoms with Crippen LogP contribution in [0.25, 0.3) is 0 Å². The van der Waals surface area contributed by atoms with Gasteiger partial charge in [-0.3, -0.25) is 4.79 Å². The predicted octanol–water partition coefficient (Wildman–Crippen LogP) is 2.89. The van der Waals surface area contributed by atoms with Crippen LogP contribution in [0.5, 0.6) is 0 Å². The van der Waals surface area contributed by atoms with Crippen LogP contribution in [0, 0.1) is 5.92 Å². The van der Waals surface area contributed by atoms with Crippen LogP contribution in [-0.2, 0) is 9.53 Å². The fourth-order valence-corrected chi connectivity index (χ4v) is 2.39. The van der Waals surface area contributed by atoms with E-state index in [1.807, 2.05) is 20.8 Å². The maximum Gasteiger partial charge on any atom is 0.307 e. The van der Waals surface area contributed by atoms with Crippen LogP contribution in [0.3, 0.4) is 0 Å². The molecule has 0 aromatic rings. The first kappa shape index (κ1) is 14.5. The molecule has 3 nitrogen and oxygen atoms in total. The van der Waals surface area contributed by atoms with Crippen LogP contribution in [-0.4, -0.2) is 24.2 Å². The average Bonchev–Trinajstić information content (AvgIpc) is 2.14. The molecule has 0 aromatic heterocycles.